The SMILES string of the molecule is CN(CC(C)(C)N1CCOCC1)C(=O)OC(C)(C)C. The van der Waals surface area contributed by atoms with E-state index in [1.165, 1.54) is 0 Å². The minimum atomic E-state index is -0.450. The van der Waals surface area contributed by atoms with Gasteiger partial charge in [0, 0.05) is 32.2 Å². The van der Waals surface area contributed by atoms with Crippen LogP contribution in [0.25, 0.3) is 0 Å². The molecule has 1 saturated heterocycles. The van der Waals surface area contributed by atoms with Crippen LogP contribution in [0.3, 0.4) is 0 Å². The van der Waals surface area contributed by atoms with E-state index in [-0.39, 0.29) is 11.6 Å². The molecular weight excluding hydrogens is 244 g/mol. The van der Waals surface area contributed by atoms with E-state index in [1.807, 2.05) is 20.8 Å². The van der Waals surface area contributed by atoms with E-state index < -0.39 is 5.60 Å². The second-order valence-electron chi connectivity index (χ2n) is 6.75. The largest absolute Gasteiger partial charge is 0.444 e. The van der Waals surface area contributed by atoms with E-state index in [0.717, 1.165) is 26.3 Å². The average Bonchev–Trinajstić information content (AvgIpc) is 2.27. The Kier molecular flexibility index (Phi) is 5.21. The number of nitrogens with zero attached hydrogens (tertiary/aromatic N) is 2. The molecule has 1 rings (SSSR count). The van der Waals surface area contributed by atoms with Crippen molar-refractivity contribution in [3.63, 3.8) is 0 Å². The number of morpholine rings is 1. The Morgan fingerprint density at radius 1 is 1.21 bits per heavy atom. The van der Waals surface area contributed by atoms with Crippen LogP contribution >= 0.6 is 0 Å². The van der Waals surface area contributed by atoms with E-state index in [2.05, 4.69) is 18.7 Å². The van der Waals surface area contributed by atoms with Gasteiger partial charge in [-0.3, -0.25) is 4.90 Å². The topological polar surface area (TPSA) is 42.0 Å². The molecule has 1 heterocycles. The lowest BCUT2D eigenvalue weighted by molar-refractivity contribution is -0.0247. The number of hydrogen-bond acceptors (Lipinski definition) is 4. The van der Waals surface area contributed by atoms with Crippen LogP contribution in [0.4, 0.5) is 4.79 Å². The highest BCUT2D eigenvalue weighted by Gasteiger charge is 2.31. The van der Waals surface area contributed by atoms with Crippen molar-refractivity contribution >= 4 is 6.09 Å². The summed E-state index contributed by atoms with van der Waals surface area (Å²) in [4.78, 5) is 16.0. The van der Waals surface area contributed by atoms with Crippen LogP contribution in [-0.4, -0.2) is 66.9 Å². The number of carbonyl (C=O) groups is 1. The number of hydrogen-bond donors (Lipinski definition) is 0. The molecular formula is C14H28N2O3. The van der Waals surface area contributed by atoms with Gasteiger partial charge in [0.2, 0.25) is 0 Å². The number of ether oxygens (including phenoxy) is 2. The van der Waals surface area contributed by atoms with Crippen LogP contribution in [0.2, 0.25) is 0 Å². The van der Waals surface area contributed by atoms with E-state index in [9.17, 15) is 4.79 Å². The maximum atomic E-state index is 12.0. The molecule has 5 nitrogen and oxygen atoms in total. The lowest BCUT2D eigenvalue weighted by Gasteiger charge is -2.42. The zero-order valence-corrected chi connectivity index (χ0v) is 13.2. The Morgan fingerprint density at radius 3 is 2.21 bits per heavy atom. The first-order valence-electron chi connectivity index (χ1n) is 6.89. The average molecular weight is 272 g/mol. The highest BCUT2D eigenvalue weighted by Crippen LogP contribution is 2.18. The Morgan fingerprint density at radius 2 is 1.74 bits per heavy atom. The normalized spacial score (nSPS) is 18.2. The molecule has 0 aromatic heterocycles. The Labute approximate surface area is 116 Å². The van der Waals surface area contributed by atoms with E-state index in [4.69, 9.17) is 9.47 Å². The highest BCUT2D eigenvalue weighted by molar-refractivity contribution is 5.67. The van der Waals surface area contributed by atoms with Crippen LogP contribution in [0, 0.1) is 0 Å². The maximum absolute atomic E-state index is 12.0. The van der Waals surface area contributed by atoms with Gasteiger partial charge in [0.15, 0.2) is 0 Å². The van der Waals surface area contributed by atoms with Gasteiger partial charge in [0.25, 0.3) is 0 Å². The van der Waals surface area contributed by atoms with Gasteiger partial charge >= 0.3 is 6.09 Å². The zero-order chi connectivity index (χ0) is 14.7. The van der Waals surface area contributed by atoms with Crippen LogP contribution in [0.1, 0.15) is 34.6 Å². The monoisotopic (exact) mass is 272 g/mol. The van der Waals surface area contributed by atoms with Crippen molar-refractivity contribution < 1.29 is 14.3 Å². The zero-order valence-electron chi connectivity index (χ0n) is 13.2. The second-order valence-corrected chi connectivity index (χ2v) is 6.75. The summed E-state index contributed by atoms with van der Waals surface area (Å²) in [5, 5.41) is 0. The number of rotatable bonds is 3. The summed E-state index contributed by atoms with van der Waals surface area (Å²) in [6.07, 6.45) is -0.270. The molecule has 0 spiro atoms. The van der Waals surface area contributed by atoms with Gasteiger partial charge in [-0.1, -0.05) is 0 Å². The van der Waals surface area contributed by atoms with Crippen LogP contribution < -0.4 is 0 Å². The van der Waals surface area contributed by atoms with Gasteiger partial charge in [0.05, 0.1) is 13.2 Å². The fraction of sp³-hybridized carbons (Fsp3) is 0.929. The van der Waals surface area contributed by atoms with E-state index in [0.29, 0.717) is 6.54 Å². The summed E-state index contributed by atoms with van der Waals surface area (Å²) in [7, 11) is 1.79. The van der Waals surface area contributed by atoms with Crippen molar-refractivity contribution in [2.45, 2.75) is 45.8 Å². The fourth-order valence-corrected chi connectivity index (χ4v) is 2.25. The molecule has 1 amide bonds. The Bertz CT molecular complexity index is 304. The third kappa shape index (κ3) is 5.37. The summed E-state index contributed by atoms with van der Waals surface area (Å²) in [5.41, 5.74) is -0.524. The first-order chi connectivity index (χ1) is 8.62. The quantitative estimate of drug-likeness (QED) is 0.787. The third-order valence-corrected chi connectivity index (χ3v) is 3.20. The third-order valence-electron chi connectivity index (χ3n) is 3.20. The van der Waals surface area contributed by atoms with Gasteiger partial charge in [0.1, 0.15) is 5.60 Å². The van der Waals surface area contributed by atoms with Crippen molar-refractivity contribution in [1.29, 1.82) is 0 Å². The summed E-state index contributed by atoms with van der Waals surface area (Å²) in [6, 6.07) is 0. The van der Waals surface area contributed by atoms with Crippen LogP contribution in [0.15, 0.2) is 0 Å². The van der Waals surface area contributed by atoms with E-state index in [1.54, 1.807) is 11.9 Å². The lowest BCUT2D eigenvalue weighted by Crippen LogP contribution is -2.55. The molecule has 0 N–H and O–H groups in total. The van der Waals surface area contributed by atoms with Crippen LogP contribution in [0.5, 0.6) is 0 Å². The van der Waals surface area contributed by atoms with Crippen molar-refractivity contribution in [3.05, 3.63) is 0 Å². The minimum Gasteiger partial charge on any atom is -0.444 e. The van der Waals surface area contributed by atoms with Gasteiger partial charge in [-0.15, -0.1) is 0 Å². The Balaban J connectivity index is 2.53. The number of likely N-dealkylation sites (N-methyl/N-ethyl adjacent to an activating group) is 1. The van der Waals surface area contributed by atoms with Gasteiger partial charge in [-0.25, -0.2) is 4.79 Å². The van der Waals surface area contributed by atoms with Gasteiger partial charge in [-0.2, -0.15) is 0 Å². The fourth-order valence-electron chi connectivity index (χ4n) is 2.25. The smallest absolute Gasteiger partial charge is 0.410 e. The highest BCUT2D eigenvalue weighted by atomic mass is 16.6. The molecule has 0 aromatic rings. The molecule has 0 saturated carbocycles. The lowest BCUT2D eigenvalue weighted by atomic mass is 10.0. The minimum absolute atomic E-state index is 0.0740. The standard InChI is InChI=1S/C14H28N2O3/c1-13(2,3)19-12(17)15(6)11-14(4,5)16-7-9-18-10-8-16/h7-11H2,1-6H3. The first-order valence-corrected chi connectivity index (χ1v) is 6.89. The molecule has 0 aliphatic carbocycles. The summed E-state index contributed by atoms with van der Waals surface area (Å²) >= 11 is 0. The summed E-state index contributed by atoms with van der Waals surface area (Å²) in [6.45, 7) is 13.9. The number of carbonyl (C=O) groups excluding carboxylic acids is 1. The molecule has 5 heteroatoms. The molecule has 0 radical (unpaired) electrons. The molecule has 0 bridgehead atoms. The summed E-state index contributed by atoms with van der Waals surface area (Å²) < 4.78 is 10.7. The molecule has 0 aromatic carbocycles. The van der Waals surface area contributed by atoms with Crippen molar-refractivity contribution in [3.8, 4) is 0 Å². The molecule has 1 fully saturated rings. The molecule has 1 aliphatic rings. The van der Waals surface area contributed by atoms with Gasteiger partial charge < -0.3 is 14.4 Å². The van der Waals surface area contributed by atoms with Gasteiger partial charge in [-0.05, 0) is 34.6 Å². The van der Waals surface area contributed by atoms with Crippen molar-refractivity contribution in [2.75, 3.05) is 39.9 Å². The predicted octanol–water partition coefficient (Wildman–Crippen LogP) is 1.96. The molecule has 112 valence electrons. The molecule has 1 aliphatic heterocycles. The molecule has 0 unspecified atom stereocenters. The van der Waals surface area contributed by atoms with Crippen LogP contribution in [-0.2, 0) is 9.47 Å². The second kappa shape index (κ2) is 6.09. The van der Waals surface area contributed by atoms with Crippen molar-refractivity contribution in [1.82, 2.24) is 9.80 Å². The molecule has 0 atom stereocenters. The molecule has 19 heavy (non-hydrogen) atoms. The first kappa shape index (κ1) is 16.2. The summed E-state index contributed by atoms with van der Waals surface area (Å²) in [5.74, 6) is 0. The Hall–Kier alpha value is -0.810. The maximum Gasteiger partial charge on any atom is 0.410 e. The van der Waals surface area contributed by atoms with E-state index >= 15 is 0 Å². The number of amides is 1. The van der Waals surface area contributed by atoms with Crippen molar-refractivity contribution in [2.24, 2.45) is 0 Å². The predicted molar refractivity (Wildman–Crippen MR) is 75.3 cm³/mol.